The van der Waals surface area contributed by atoms with Gasteiger partial charge in [-0.3, -0.25) is 9.69 Å². The molecule has 2 aromatic rings. The van der Waals surface area contributed by atoms with E-state index in [1.807, 2.05) is 13.8 Å². The van der Waals surface area contributed by atoms with Crippen molar-refractivity contribution in [2.45, 2.75) is 39.8 Å². The summed E-state index contributed by atoms with van der Waals surface area (Å²) < 4.78 is 11.0. The topological polar surface area (TPSA) is 50.8 Å². The maximum atomic E-state index is 12.2. The summed E-state index contributed by atoms with van der Waals surface area (Å²) in [6.45, 7) is 8.29. The number of ether oxygens (including phenoxy) is 2. The van der Waals surface area contributed by atoms with E-state index >= 15 is 0 Å². The van der Waals surface area contributed by atoms with Crippen LogP contribution in [0.5, 0.6) is 11.5 Å². The van der Waals surface area contributed by atoms with Gasteiger partial charge in [-0.15, -0.1) is 0 Å². The van der Waals surface area contributed by atoms with Gasteiger partial charge in [0.15, 0.2) is 11.5 Å². The first-order chi connectivity index (χ1) is 13.9. The summed E-state index contributed by atoms with van der Waals surface area (Å²) in [4.78, 5) is 14.7. The number of methoxy groups -OCH3 is 2. The molecule has 0 fully saturated rings. The molecule has 1 heterocycles. The van der Waals surface area contributed by atoms with Crippen molar-refractivity contribution in [3.05, 3.63) is 58.7 Å². The molecular weight excluding hydrogens is 364 g/mol. The SMILES string of the molecule is COc1cc2c(cc1OC)[C@@H](CNC(=O)C(C)C)N(Cc1ccc(C)cc1)CC2. The van der Waals surface area contributed by atoms with Gasteiger partial charge in [-0.2, -0.15) is 0 Å². The maximum Gasteiger partial charge on any atom is 0.222 e. The third kappa shape index (κ3) is 4.91. The number of fused-ring (bicyclic) bond motifs is 1. The fourth-order valence-corrected chi connectivity index (χ4v) is 3.84. The van der Waals surface area contributed by atoms with E-state index in [0.717, 1.165) is 31.0 Å². The zero-order chi connectivity index (χ0) is 21.0. The first-order valence-corrected chi connectivity index (χ1v) is 10.2. The lowest BCUT2D eigenvalue weighted by molar-refractivity contribution is -0.124. The second kappa shape index (κ2) is 9.31. The zero-order valence-corrected chi connectivity index (χ0v) is 18.1. The Bertz CT molecular complexity index is 846. The highest BCUT2D eigenvalue weighted by Gasteiger charge is 2.29. The quantitative estimate of drug-likeness (QED) is 0.772. The van der Waals surface area contributed by atoms with Crippen LogP contribution in [0.4, 0.5) is 0 Å². The van der Waals surface area contributed by atoms with Gasteiger partial charge in [-0.05, 0) is 42.2 Å². The molecule has 0 spiro atoms. The Hall–Kier alpha value is -2.53. The van der Waals surface area contributed by atoms with Gasteiger partial charge >= 0.3 is 0 Å². The van der Waals surface area contributed by atoms with E-state index in [-0.39, 0.29) is 17.9 Å². The van der Waals surface area contributed by atoms with Gasteiger partial charge in [0, 0.05) is 25.6 Å². The number of carbonyl (C=O) groups excluding carboxylic acids is 1. The van der Waals surface area contributed by atoms with Gasteiger partial charge in [0.1, 0.15) is 0 Å². The van der Waals surface area contributed by atoms with Gasteiger partial charge < -0.3 is 14.8 Å². The van der Waals surface area contributed by atoms with Gasteiger partial charge in [-0.1, -0.05) is 43.7 Å². The lowest BCUT2D eigenvalue weighted by Gasteiger charge is -2.38. The molecule has 3 rings (SSSR count). The molecule has 1 atom stereocenters. The second-order valence-electron chi connectivity index (χ2n) is 8.03. The fraction of sp³-hybridized carbons (Fsp3) is 0.458. The number of benzene rings is 2. The predicted octanol–water partition coefficient (Wildman–Crippen LogP) is 3.88. The Morgan fingerprint density at radius 1 is 1.14 bits per heavy atom. The molecule has 0 unspecified atom stereocenters. The predicted molar refractivity (Wildman–Crippen MR) is 115 cm³/mol. The van der Waals surface area contributed by atoms with Crippen LogP contribution in [-0.2, 0) is 17.8 Å². The summed E-state index contributed by atoms with van der Waals surface area (Å²) in [7, 11) is 3.32. The number of hydrogen-bond donors (Lipinski definition) is 1. The van der Waals surface area contributed by atoms with E-state index in [2.05, 4.69) is 53.5 Å². The Balaban J connectivity index is 1.91. The van der Waals surface area contributed by atoms with E-state index < -0.39 is 0 Å². The average Bonchev–Trinajstić information content (AvgIpc) is 2.73. The number of amides is 1. The van der Waals surface area contributed by atoms with Crippen LogP contribution in [0.1, 0.15) is 42.1 Å². The summed E-state index contributed by atoms with van der Waals surface area (Å²) >= 11 is 0. The minimum atomic E-state index is -0.0333. The Morgan fingerprint density at radius 2 is 1.79 bits per heavy atom. The number of rotatable bonds is 7. The van der Waals surface area contributed by atoms with E-state index in [1.54, 1.807) is 14.2 Å². The van der Waals surface area contributed by atoms with E-state index in [0.29, 0.717) is 6.54 Å². The summed E-state index contributed by atoms with van der Waals surface area (Å²) in [6.07, 6.45) is 0.941. The zero-order valence-electron chi connectivity index (χ0n) is 18.1. The Kier molecular flexibility index (Phi) is 6.80. The molecule has 1 N–H and O–H groups in total. The Morgan fingerprint density at radius 3 is 2.41 bits per heavy atom. The third-order valence-corrected chi connectivity index (χ3v) is 5.61. The van der Waals surface area contributed by atoms with E-state index in [1.165, 1.54) is 22.3 Å². The van der Waals surface area contributed by atoms with Crippen molar-refractivity contribution in [2.75, 3.05) is 27.3 Å². The molecule has 0 saturated heterocycles. The molecule has 0 aromatic heterocycles. The summed E-state index contributed by atoms with van der Waals surface area (Å²) in [6, 6.07) is 12.9. The van der Waals surface area contributed by atoms with Crippen molar-refractivity contribution in [1.29, 1.82) is 0 Å². The first-order valence-electron chi connectivity index (χ1n) is 10.2. The van der Waals surface area contributed by atoms with Crippen LogP contribution in [0.3, 0.4) is 0 Å². The highest BCUT2D eigenvalue weighted by Crippen LogP contribution is 2.38. The molecule has 1 aliphatic rings. The highest BCUT2D eigenvalue weighted by atomic mass is 16.5. The molecule has 0 aliphatic carbocycles. The smallest absolute Gasteiger partial charge is 0.222 e. The molecule has 0 radical (unpaired) electrons. The normalized spacial score (nSPS) is 16.4. The van der Waals surface area contributed by atoms with Crippen molar-refractivity contribution in [3.63, 3.8) is 0 Å². The van der Waals surface area contributed by atoms with Gasteiger partial charge in [0.2, 0.25) is 5.91 Å². The summed E-state index contributed by atoms with van der Waals surface area (Å²) in [5.41, 5.74) is 4.99. The molecule has 29 heavy (non-hydrogen) atoms. The molecule has 1 aliphatic heterocycles. The number of aryl methyl sites for hydroxylation is 1. The largest absolute Gasteiger partial charge is 0.493 e. The van der Waals surface area contributed by atoms with Crippen LogP contribution in [-0.4, -0.2) is 38.1 Å². The molecule has 5 heteroatoms. The lowest BCUT2D eigenvalue weighted by atomic mass is 9.91. The van der Waals surface area contributed by atoms with Crippen LogP contribution in [0.2, 0.25) is 0 Å². The number of hydrogen-bond acceptors (Lipinski definition) is 4. The van der Waals surface area contributed by atoms with Gasteiger partial charge in [-0.25, -0.2) is 0 Å². The van der Waals surface area contributed by atoms with Crippen molar-refractivity contribution in [2.24, 2.45) is 5.92 Å². The minimum Gasteiger partial charge on any atom is -0.493 e. The van der Waals surface area contributed by atoms with Crippen molar-refractivity contribution < 1.29 is 14.3 Å². The molecule has 0 bridgehead atoms. The third-order valence-electron chi connectivity index (χ3n) is 5.61. The van der Waals surface area contributed by atoms with Gasteiger partial charge in [0.05, 0.1) is 20.3 Å². The lowest BCUT2D eigenvalue weighted by Crippen LogP contribution is -2.42. The van der Waals surface area contributed by atoms with Crippen LogP contribution in [0.15, 0.2) is 36.4 Å². The van der Waals surface area contributed by atoms with Gasteiger partial charge in [0.25, 0.3) is 0 Å². The molecule has 5 nitrogen and oxygen atoms in total. The minimum absolute atomic E-state index is 0.0333. The molecule has 2 aromatic carbocycles. The molecule has 1 amide bonds. The number of nitrogens with zero attached hydrogens (tertiary/aromatic N) is 1. The van der Waals surface area contributed by atoms with Crippen LogP contribution in [0, 0.1) is 12.8 Å². The van der Waals surface area contributed by atoms with E-state index in [4.69, 9.17) is 9.47 Å². The monoisotopic (exact) mass is 396 g/mol. The van der Waals surface area contributed by atoms with Crippen LogP contribution < -0.4 is 14.8 Å². The summed E-state index contributed by atoms with van der Waals surface area (Å²) in [5, 5.41) is 3.13. The first kappa shape index (κ1) is 21.2. The number of carbonyl (C=O) groups is 1. The molecule has 0 saturated carbocycles. The van der Waals surface area contributed by atoms with E-state index in [9.17, 15) is 4.79 Å². The van der Waals surface area contributed by atoms with Crippen molar-refractivity contribution >= 4 is 5.91 Å². The summed E-state index contributed by atoms with van der Waals surface area (Å²) in [5.74, 6) is 1.52. The molecular formula is C24H32N2O3. The van der Waals surface area contributed by atoms with Crippen molar-refractivity contribution in [1.82, 2.24) is 10.2 Å². The highest BCUT2D eigenvalue weighted by molar-refractivity contribution is 5.77. The van der Waals surface area contributed by atoms with Crippen LogP contribution >= 0.6 is 0 Å². The fourth-order valence-electron chi connectivity index (χ4n) is 3.84. The molecule has 156 valence electrons. The van der Waals surface area contributed by atoms with Crippen molar-refractivity contribution in [3.8, 4) is 11.5 Å². The Labute approximate surface area is 174 Å². The second-order valence-corrected chi connectivity index (χ2v) is 8.03. The maximum absolute atomic E-state index is 12.2. The number of nitrogens with one attached hydrogen (secondary N) is 1. The van der Waals surface area contributed by atoms with Crippen LogP contribution in [0.25, 0.3) is 0 Å². The standard InChI is InChI=1S/C24H32N2O3/c1-16(2)24(27)25-14-21-20-13-23(29-5)22(28-4)12-19(20)10-11-26(21)15-18-8-6-17(3)7-9-18/h6-9,12-13,16,21H,10-11,14-15H2,1-5H3,(H,25,27)/t21-/m1/s1. The average molecular weight is 397 g/mol.